The molecule has 0 saturated carbocycles. The zero-order chi connectivity index (χ0) is 9.42. The summed E-state index contributed by atoms with van der Waals surface area (Å²) in [6.45, 7) is 0. The van der Waals surface area contributed by atoms with E-state index >= 15 is 0 Å². The molecular weight excluding hydrogens is 361 g/mol. The van der Waals surface area contributed by atoms with Gasteiger partial charge in [0.05, 0.1) is 10.4 Å². The molecule has 0 bridgehead atoms. The third-order valence-electron chi connectivity index (χ3n) is 1.95. The average molecular weight is 368 g/mol. The van der Waals surface area contributed by atoms with Crippen molar-refractivity contribution in [2.24, 2.45) is 0 Å². The molecule has 1 aromatic carbocycles. The van der Waals surface area contributed by atoms with Gasteiger partial charge in [0.1, 0.15) is 0 Å². The number of nitrogen functional groups attached to an aromatic ring is 1. The van der Waals surface area contributed by atoms with Gasteiger partial charge in [0, 0.05) is 8.90 Å². The molecule has 0 saturated heterocycles. The van der Waals surface area contributed by atoms with E-state index in [2.05, 4.69) is 56.0 Å². The number of thiophene rings is 1. The van der Waals surface area contributed by atoms with E-state index in [0.29, 0.717) is 0 Å². The van der Waals surface area contributed by atoms with Crippen molar-refractivity contribution in [3.05, 3.63) is 26.6 Å². The number of anilines is 1. The van der Waals surface area contributed by atoms with Crippen molar-refractivity contribution in [1.29, 1.82) is 0 Å². The summed E-state index contributed by atoms with van der Waals surface area (Å²) in [6, 6.07) is 4.21. The summed E-state index contributed by atoms with van der Waals surface area (Å²) in [5, 5.41) is 4.33. The lowest BCUT2D eigenvalue weighted by molar-refractivity contribution is 1.54. The second kappa shape index (κ2) is 3.74. The second-order valence-electron chi connectivity index (χ2n) is 2.73. The molecule has 4 heteroatoms. The van der Waals surface area contributed by atoms with E-state index < -0.39 is 0 Å². The molecule has 0 aliphatic rings. The van der Waals surface area contributed by atoms with Crippen LogP contribution in [0, 0.1) is 3.57 Å². The van der Waals surface area contributed by atoms with Gasteiger partial charge in [-0.25, -0.2) is 0 Å². The zero-order valence-corrected chi connectivity index (χ0v) is 11.2. The number of hydrogen-bond donors (Lipinski definition) is 1. The van der Waals surface area contributed by atoms with Crippen LogP contribution < -0.4 is 5.73 Å². The highest BCUT2D eigenvalue weighted by molar-refractivity contribution is 14.1. The van der Waals surface area contributed by atoms with Gasteiger partial charge in [0.25, 0.3) is 0 Å². The molecule has 1 nitrogen and oxygen atoms in total. The SMILES string of the molecule is Nc1c(I)ccc2c(CBr)csc12. The number of halogens is 2. The quantitative estimate of drug-likeness (QED) is 0.460. The maximum absolute atomic E-state index is 5.97. The summed E-state index contributed by atoms with van der Waals surface area (Å²) in [5.41, 5.74) is 8.21. The van der Waals surface area contributed by atoms with E-state index in [0.717, 1.165) is 14.6 Å². The monoisotopic (exact) mass is 367 g/mol. The maximum Gasteiger partial charge on any atom is 0.0631 e. The number of hydrogen-bond acceptors (Lipinski definition) is 2. The summed E-state index contributed by atoms with van der Waals surface area (Å²) in [7, 11) is 0. The molecule has 13 heavy (non-hydrogen) atoms. The topological polar surface area (TPSA) is 26.0 Å². The minimum absolute atomic E-state index is 0.896. The van der Waals surface area contributed by atoms with E-state index in [-0.39, 0.29) is 0 Å². The van der Waals surface area contributed by atoms with E-state index in [1.54, 1.807) is 11.3 Å². The molecule has 1 heterocycles. The van der Waals surface area contributed by atoms with E-state index in [1.165, 1.54) is 15.6 Å². The second-order valence-corrected chi connectivity index (χ2v) is 5.33. The van der Waals surface area contributed by atoms with Crippen molar-refractivity contribution in [3.8, 4) is 0 Å². The largest absolute Gasteiger partial charge is 0.397 e. The van der Waals surface area contributed by atoms with Crippen LogP contribution in [0.4, 0.5) is 5.69 Å². The van der Waals surface area contributed by atoms with Gasteiger partial charge in [-0.1, -0.05) is 22.0 Å². The van der Waals surface area contributed by atoms with Gasteiger partial charge in [0.2, 0.25) is 0 Å². The minimum Gasteiger partial charge on any atom is -0.397 e. The Morgan fingerprint density at radius 1 is 1.46 bits per heavy atom. The Bertz CT molecular complexity index is 452. The molecule has 0 radical (unpaired) electrons. The standard InChI is InChI=1S/C9H7BrINS/c10-3-5-4-13-9-6(5)1-2-7(11)8(9)12/h1-2,4H,3,12H2. The fourth-order valence-corrected chi connectivity index (χ4v) is 3.60. The summed E-state index contributed by atoms with van der Waals surface area (Å²) in [5.74, 6) is 0. The zero-order valence-electron chi connectivity index (χ0n) is 6.68. The minimum atomic E-state index is 0.896. The Hall–Kier alpha value is 0.190. The summed E-state index contributed by atoms with van der Waals surface area (Å²) in [6.07, 6.45) is 0. The molecule has 0 unspecified atom stereocenters. The number of nitrogens with two attached hydrogens (primary N) is 1. The summed E-state index contributed by atoms with van der Waals surface area (Å²) in [4.78, 5) is 0. The van der Waals surface area contributed by atoms with Crippen LogP contribution in [0.1, 0.15) is 5.56 Å². The highest BCUT2D eigenvalue weighted by Gasteiger charge is 2.07. The van der Waals surface area contributed by atoms with Gasteiger partial charge >= 0.3 is 0 Å². The molecular formula is C9H7BrINS. The van der Waals surface area contributed by atoms with Gasteiger partial charge in [-0.3, -0.25) is 0 Å². The Morgan fingerprint density at radius 3 is 2.92 bits per heavy atom. The van der Waals surface area contributed by atoms with Crippen LogP contribution in [0.2, 0.25) is 0 Å². The van der Waals surface area contributed by atoms with Crippen molar-refractivity contribution < 1.29 is 0 Å². The van der Waals surface area contributed by atoms with Crippen LogP contribution in [0.5, 0.6) is 0 Å². The van der Waals surface area contributed by atoms with E-state index in [9.17, 15) is 0 Å². The van der Waals surface area contributed by atoms with Crippen molar-refractivity contribution in [2.45, 2.75) is 5.33 Å². The predicted octanol–water partition coefficient (Wildman–Crippen LogP) is 3.98. The fraction of sp³-hybridized carbons (Fsp3) is 0.111. The van der Waals surface area contributed by atoms with Crippen molar-refractivity contribution in [3.63, 3.8) is 0 Å². The lowest BCUT2D eigenvalue weighted by Gasteiger charge is -1.99. The third-order valence-corrected chi connectivity index (χ3v) is 4.57. The first-order chi connectivity index (χ1) is 6.24. The molecule has 0 atom stereocenters. The van der Waals surface area contributed by atoms with Gasteiger partial charge in [0.15, 0.2) is 0 Å². The molecule has 2 rings (SSSR count). The van der Waals surface area contributed by atoms with Crippen LogP contribution >= 0.6 is 49.9 Å². The predicted molar refractivity (Wildman–Crippen MR) is 71.6 cm³/mol. The van der Waals surface area contributed by atoms with E-state index in [4.69, 9.17) is 5.73 Å². The van der Waals surface area contributed by atoms with Crippen LogP contribution in [-0.2, 0) is 5.33 Å². The normalized spacial score (nSPS) is 10.9. The van der Waals surface area contributed by atoms with Crippen LogP contribution in [0.3, 0.4) is 0 Å². The summed E-state index contributed by atoms with van der Waals surface area (Å²) >= 11 is 7.45. The van der Waals surface area contributed by atoms with Crippen LogP contribution in [-0.4, -0.2) is 0 Å². The first kappa shape index (κ1) is 9.73. The van der Waals surface area contributed by atoms with Crippen LogP contribution in [0.15, 0.2) is 17.5 Å². The lowest BCUT2D eigenvalue weighted by Crippen LogP contribution is -1.88. The lowest BCUT2D eigenvalue weighted by atomic mass is 10.2. The molecule has 0 amide bonds. The third kappa shape index (κ3) is 1.59. The maximum atomic E-state index is 5.97. The number of alkyl halides is 1. The van der Waals surface area contributed by atoms with Crippen molar-refractivity contribution >= 4 is 65.6 Å². The molecule has 0 spiro atoms. The van der Waals surface area contributed by atoms with Gasteiger partial charge in [-0.05, 0) is 45.0 Å². The molecule has 2 N–H and O–H groups in total. The average Bonchev–Trinajstić information content (AvgIpc) is 2.55. The highest BCUT2D eigenvalue weighted by Crippen LogP contribution is 2.34. The molecule has 1 aromatic heterocycles. The number of fused-ring (bicyclic) bond motifs is 1. The Balaban J connectivity index is 2.81. The highest BCUT2D eigenvalue weighted by atomic mass is 127. The van der Waals surface area contributed by atoms with Crippen molar-refractivity contribution in [1.82, 2.24) is 0 Å². The van der Waals surface area contributed by atoms with Gasteiger partial charge < -0.3 is 5.73 Å². The Kier molecular flexibility index (Phi) is 2.80. The molecule has 0 fully saturated rings. The molecule has 68 valence electrons. The van der Waals surface area contributed by atoms with Crippen LogP contribution in [0.25, 0.3) is 10.1 Å². The summed E-state index contributed by atoms with van der Waals surface area (Å²) < 4.78 is 2.34. The Labute approximate surface area is 103 Å². The Morgan fingerprint density at radius 2 is 2.23 bits per heavy atom. The number of benzene rings is 1. The molecule has 0 aliphatic carbocycles. The van der Waals surface area contributed by atoms with Crippen molar-refractivity contribution in [2.75, 3.05) is 5.73 Å². The van der Waals surface area contributed by atoms with Gasteiger partial charge in [-0.2, -0.15) is 0 Å². The molecule has 0 aliphatic heterocycles. The van der Waals surface area contributed by atoms with E-state index in [1.807, 2.05) is 0 Å². The fourth-order valence-electron chi connectivity index (χ4n) is 1.25. The molecule has 2 aromatic rings. The number of rotatable bonds is 1. The first-order valence-electron chi connectivity index (χ1n) is 3.74. The smallest absolute Gasteiger partial charge is 0.0631 e. The first-order valence-corrected chi connectivity index (χ1v) is 6.82. The van der Waals surface area contributed by atoms with Gasteiger partial charge in [-0.15, -0.1) is 11.3 Å².